The van der Waals surface area contributed by atoms with Crippen LogP contribution in [0.25, 0.3) is 0 Å². The fourth-order valence-corrected chi connectivity index (χ4v) is 3.76. The smallest absolute Gasteiger partial charge is 0.107 e. The van der Waals surface area contributed by atoms with E-state index in [0.29, 0.717) is 10.0 Å². The SMILES string of the molecule is NC(=S)c1c(Cl)cccc1NCC1CCSC1. The molecule has 0 amide bonds. The quantitative estimate of drug-likeness (QED) is 0.834. The minimum Gasteiger partial charge on any atom is -0.389 e. The van der Waals surface area contributed by atoms with Gasteiger partial charge in [-0.3, -0.25) is 0 Å². The van der Waals surface area contributed by atoms with Crippen LogP contribution in [-0.2, 0) is 0 Å². The maximum absolute atomic E-state index is 6.11. The van der Waals surface area contributed by atoms with E-state index in [1.165, 1.54) is 17.9 Å². The van der Waals surface area contributed by atoms with E-state index in [-0.39, 0.29) is 0 Å². The highest BCUT2D eigenvalue weighted by molar-refractivity contribution is 7.99. The number of thioether (sulfide) groups is 1. The van der Waals surface area contributed by atoms with Crippen LogP contribution in [0.15, 0.2) is 18.2 Å². The van der Waals surface area contributed by atoms with E-state index >= 15 is 0 Å². The molecule has 1 aliphatic heterocycles. The van der Waals surface area contributed by atoms with Gasteiger partial charge in [0, 0.05) is 12.2 Å². The summed E-state index contributed by atoms with van der Waals surface area (Å²) in [5, 5.41) is 4.03. The fraction of sp³-hybridized carbons (Fsp3) is 0.417. The number of rotatable bonds is 4. The van der Waals surface area contributed by atoms with Crippen molar-refractivity contribution in [3.05, 3.63) is 28.8 Å². The molecular formula is C12H15ClN2S2. The average molecular weight is 287 g/mol. The molecule has 1 saturated heterocycles. The Hall–Kier alpha value is -0.450. The topological polar surface area (TPSA) is 38.0 Å². The fourth-order valence-electron chi connectivity index (χ4n) is 1.92. The molecule has 2 nitrogen and oxygen atoms in total. The van der Waals surface area contributed by atoms with Gasteiger partial charge in [0.05, 0.1) is 10.6 Å². The lowest BCUT2D eigenvalue weighted by molar-refractivity contribution is 0.632. The first-order valence-electron chi connectivity index (χ1n) is 5.58. The molecule has 1 fully saturated rings. The predicted molar refractivity (Wildman–Crippen MR) is 81.3 cm³/mol. The third-order valence-electron chi connectivity index (χ3n) is 2.87. The van der Waals surface area contributed by atoms with E-state index in [4.69, 9.17) is 29.6 Å². The van der Waals surface area contributed by atoms with Gasteiger partial charge in [0.2, 0.25) is 0 Å². The van der Waals surface area contributed by atoms with Crippen molar-refractivity contribution in [2.24, 2.45) is 11.7 Å². The van der Waals surface area contributed by atoms with Crippen molar-refractivity contribution in [1.29, 1.82) is 0 Å². The highest BCUT2D eigenvalue weighted by Gasteiger charge is 2.16. The normalized spacial score (nSPS) is 19.2. The van der Waals surface area contributed by atoms with E-state index in [1.54, 1.807) is 0 Å². The number of nitrogens with two attached hydrogens (primary N) is 1. The molecule has 0 bridgehead atoms. The summed E-state index contributed by atoms with van der Waals surface area (Å²) in [6.07, 6.45) is 1.28. The Morgan fingerprint density at radius 1 is 1.59 bits per heavy atom. The zero-order valence-corrected chi connectivity index (χ0v) is 11.8. The molecule has 2 rings (SSSR count). The number of anilines is 1. The van der Waals surface area contributed by atoms with Crippen molar-refractivity contribution in [3.8, 4) is 0 Å². The molecule has 1 unspecified atom stereocenters. The first-order chi connectivity index (χ1) is 8.18. The number of hydrogen-bond donors (Lipinski definition) is 2. The summed E-state index contributed by atoms with van der Waals surface area (Å²) >= 11 is 13.2. The Bertz CT molecular complexity index is 417. The molecule has 92 valence electrons. The van der Waals surface area contributed by atoms with Crippen LogP contribution in [0.4, 0.5) is 5.69 Å². The standard InChI is InChI=1S/C12H15ClN2S2/c13-9-2-1-3-10(11(9)12(14)16)15-6-8-4-5-17-7-8/h1-3,8,15H,4-7H2,(H2,14,16). The maximum Gasteiger partial charge on any atom is 0.107 e. The molecule has 1 aliphatic rings. The Kier molecular flexibility index (Phi) is 4.54. The van der Waals surface area contributed by atoms with Gasteiger partial charge in [-0.1, -0.05) is 29.9 Å². The molecule has 0 aromatic heterocycles. The van der Waals surface area contributed by atoms with E-state index in [9.17, 15) is 0 Å². The van der Waals surface area contributed by atoms with Gasteiger partial charge in [-0.25, -0.2) is 0 Å². The van der Waals surface area contributed by atoms with Gasteiger partial charge in [-0.15, -0.1) is 0 Å². The summed E-state index contributed by atoms with van der Waals surface area (Å²) in [4.78, 5) is 0.346. The number of benzene rings is 1. The van der Waals surface area contributed by atoms with Crippen LogP contribution in [0.1, 0.15) is 12.0 Å². The highest BCUT2D eigenvalue weighted by Crippen LogP contribution is 2.27. The van der Waals surface area contributed by atoms with Crippen LogP contribution < -0.4 is 11.1 Å². The monoisotopic (exact) mass is 286 g/mol. The van der Waals surface area contributed by atoms with E-state index in [0.717, 1.165) is 23.7 Å². The molecule has 1 heterocycles. The van der Waals surface area contributed by atoms with Crippen LogP contribution in [0.2, 0.25) is 5.02 Å². The van der Waals surface area contributed by atoms with Gasteiger partial charge in [0.1, 0.15) is 4.99 Å². The second-order valence-electron chi connectivity index (χ2n) is 4.14. The Morgan fingerprint density at radius 3 is 3.06 bits per heavy atom. The molecule has 0 aliphatic carbocycles. The van der Waals surface area contributed by atoms with E-state index < -0.39 is 0 Å². The molecule has 3 N–H and O–H groups in total. The van der Waals surface area contributed by atoms with Gasteiger partial charge in [0.25, 0.3) is 0 Å². The lowest BCUT2D eigenvalue weighted by Gasteiger charge is -2.15. The third-order valence-corrected chi connectivity index (χ3v) is 4.62. The molecule has 17 heavy (non-hydrogen) atoms. The van der Waals surface area contributed by atoms with Gasteiger partial charge in [-0.05, 0) is 36.0 Å². The number of hydrogen-bond acceptors (Lipinski definition) is 3. The summed E-state index contributed by atoms with van der Waals surface area (Å²) in [5.41, 5.74) is 7.41. The Morgan fingerprint density at radius 2 is 2.41 bits per heavy atom. The second-order valence-corrected chi connectivity index (χ2v) is 6.13. The van der Waals surface area contributed by atoms with Crippen LogP contribution in [0, 0.1) is 5.92 Å². The predicted octanol–water partition coefficient (Wildman–Crippen LogP) is 3.14. The zero-order valence-electron chi connectivity index (χ0n) is 9.41. The molecule has 0 radical (unpaired) electrons. The van der Waals surface area contributed by atoms with Crippen molar-refractivity contribution >= 4 is 46.3 Å². The number of halogens is 1. The van der Waals surface area contributed by atoms with Gasteiger partial charge in [-0.2, -0.15) is 11.8 Å². The summed E-state index contributed by atoms with van der Waals surface area (Å²) in [7, 11) is 0. The van der Waals surface area contributed by atoms with E-state index in [2.05, 4.69) is 5.32 Å². The van der Waals surface area contributed by atoms with Crippen molar-refractivity contribution in [3.63, 3.8) is 0 Å². The first kappa shape index (κ1) is 13.0. The zero-order chi connectivity index (χ0) is 12.3. The maximum atomic E-state index is 6.11. The lowest BCUT2D eigenvalue weighted by atomic mass is 10.1. The molecule has 1 atom stereocenters. The Labute approximate surface area is 116 Å². The minimum atomic E-state index is 0.346. The van der Waals surface area contributed by atoms with Crippen molar-refractivity contribution < 1.29 is 0 Å². The summed E-state index contributed by atoms with van der Waals surface area (Å²) in [6.45, 7) is 0.961. The van der Waals surface area contributed by atoms with Gasteiger partial charge >= 0.3 is 0 Å². The molecule has 1 aromatic rings. The largest absolute Gasteiger partial charge is 0.389 e. The van der Waals surface area contributed by atoms with Crippen LogP contribution in [0.3, 0.4) is 0 Å². The van der Waals surface area contributed by atoms with Crippen molar-refractivity contribution in [1.82, 2.24) is 0 Å². The van der Waals surface area contributed by atoms with Crippen molar-refractivity contribution in [2.45, 2.75) is 6.42 Å². The number of thiocarbonyl (C=S) groups is 1. The molecule has 5 heteroatoms. The highest BCUT2D eigenvalue weighted by atomic mass is 35.5. The summed E-state index contributed by atoms with van der Waals surface area (Å²) in [5.74, 6) is 3.23. The second kappa shape index (κ2) is 5.94. The Balaban J connectivity index is 2.09. The average Bonchev–Trinajstić information content (AvgIpc) is 2.78. The summed E-state index contributed by atoms with van der Waals surface area (Å²) < 4.78 is 0. The van der Waals surface area contributed by atoms with E-state index in [1.807, 2.05) is 30.0 Å². The molecule has 0 spiro atoms. The van der Waals surface area contributed by atoms with Crippen LogP contribution >= 0.6 is 35.6 Å². The molecular weight excluding hydrogens is 272 g/mol. The molecule has 1 aromatic carbocycles. The lowest BCUT2D eigenvalue weighted by Crippen LogP contribution is -2.18. The van der Waals surface area contributed by atoms with Gasteiger partial charge < -0.3 is 11.1 Å². The minimum absolute atomic E-state index is 0.346. The van der Waals surface area contributed by atoms with Crippen molar-refractivity contribution in [2.75, 3.05) is 23.4 Å². The van der Waals surface area contributed by atoms with Crippen LogP contribution in [-0.4, -0.2) is 23.0 Å². The first-order valence-corrected chi connectivity index (χ1v) is 7.52. The number of nitrogens with one attached hydrogen (secondary N) is 1. The third kappa shape index (κ3) is 3.27. The van der Waals surface area contributed by atoms with Gasteiger partial charge in [0.15, 0.2) is 0 Å². The molecule has 0 saturated carbocycles. The van der Waals surface area contributed by atoms with Crippen LogP contribution in [0.5, 0.6) is 0 Å². The summed E-state index contributed by atoms with van der Waals surface area (Å²) in [6, 6.07) is 5.70.